The Labute approximate surface area is 109 Å². The predicted octanol–water partition coefficient (Wildman–Crippen LogP) is 2.04. The van der Waals surface area contributed by atoms with Gasteiger partial charge in [-0.05, 0) is 38.0 Å². The highest BCUT2D eigenvalue weighted by molar-refractivity contribution is 7.89. The molecular weight excluding hydrogens is 250 g/mol. The van der Waals surface area contributed by atoms with E-state index in [1.807, 2.05) is 20.8 Å². The summed E-state index contributed by atoms with van der Waals surface area (Å²) in [6.45, 7) is 5.58. The van der Waals surface area contributed by atoms with Crippen LogP contribution in [0.25, 0.3) is 0 Å². The fourth-order valence-corrected chi connectivity index (χ4v) is 3.42. The fourth-order valence-electron chi connectivity index (χ4n) is 1.91. The van der Waals surface area contributed by atoms with Crippen LogP contribution < -0.4 is 4.72 Å². The minimum Gasteiger partial charge on any atom is -0.392 e. The molecule has 0 radical (unpaired) electrons. The maximum Gasteiger partial charge on any atom is 0.241 e. The molecule has 102 valence electrons. The maximum absolute atomic E-state index is 12.2. The van der Waals surface area contributed by atoms with Crippen molar-refractivity contribution >= 4 is 10.0 Å². The van der Waals surface area contributed by atoms with E-state index in [1.54, 1.807) is 12.1 Å². The molecule has 0 amide bonds. The Bertz CT molecular complexity index is 495. The van der Waals surface area contributed by atoms with E-state index >= 15 is 0 Å². The van der Waals surface area contributed by atoms with Gasteiger partial charge in [0.25, 0.3) is 0 Å². The first-order chi connectivity index (χ1) is 8.30. The molecule has 2 N–H and O–H groups in total. The lowest BCUT2D eigenvalue weighted by Crippen LogP contribution is -2.43. The van der Waals surface area contributed by atoms with Gasteiger partial charge in [0.15, 0.2) is 0 Å². The highest BCUT2D eigenvalue weighted by Crippen LogP contribution is 2.17. The van der Waals surface area contributed by atoms with Crippen LogP contribution >= 0.6 is 0 Å². The van der Waals surface area contributed by atoms with Crippen LogP contribution in [-0.2, 0) is 16.6 Å². The number of aliphatic hydroxyl groups is 1. The Balaban J connectivity index is 2.99. The molecule has 0 saturated carbocycles. The van der Waals surface area contributed by atoms with Gasteiger partial charge in [-0.25, -0.2) is 13.1 Å². The second kappa shape index (κ2) is 5.82. The van der Waals surface area contributed by atoms with E-state index < -0.39 is 15.6 Å². The number of rotatable bonds is 6. The summed E-state index contributed by atoms with van der Waals surface area (Å²) in [5, 5.41) is 9.03. The zero-order valence-electron chi connectivity index (χ0n) is 11.1. The third-order valence-electron chi connectivity index (χ3n) is 2.68. The van der Waals surface area contributed by atoms with Crippen LogP contribution in [-0.4, -0.2) is 19.1 Å². The van der Waals surface area contributed by atoms with Gasteiger partial charge in [0, 0.05) is 5.54 Å². The summed E-state index contributed by atoms with van der Waals surface area (Å²) in [5.74, 6) is 0. The summed E-state index contributed by atoms with van der Waals surface area (Å²) >= 11 is 0. The highest BCUT2D eigenvalue weighted by atomic mass is 32.2. The van der Waals surface area contributed by atoms with Crippen LogP contribution in [0.15, 0.2) is 29.2 Å². The third-order valence-corrected chi connectivity index (χ3v) is 4.37. The van der Waals surface area contributed by atoms with Gasteiger partial charge in [0.1, 0.15) is 0 Å². The van der Waals surface area contributed by atoms with Crippen molar-refractivity contribution in [3.05, 3.63) is 29.8 Å². The van der Waals surface area contributed by atoms with E-state index in [9.17, 15) is 8.42 Å². The zero-order chi connectivity index (χ0) is 13.8. The normalized spacial score (nSPS) is 12.7. The highest BCUT2D eigenvalue weighted by Gasteiger charge is 2.25. The molecule has 0 saturated heterocycles. The molecule has 0 aromatic heterocycles. The molecule has 0 atom stereocenters. The third kappa shape index (κ3) is 4.08. The smallest absolute Gasteiger partial charge is 0.241 e. The number of benzene rings is 1. The summed E-state index contributed by atoms with van der Waals surface area (Å²) in [4.78, 5) is 0.193. The number of nitrogens with one attached hydrogen (secondary N) is 1. The van der Waals surface area contributed by atoms with Gasteiger partial charge in [-0.15, -0.1) is 0 Å². The lowest BCUT2D eigenvalue weighted by molar-refractivity contribution is 0.281. The van der Waals surface area contributed by atoms with E-state index in [1.165, 1.54) is 12.1 Å². The second-order valence-corrected chi connectivity index (χ2v) is 6.73. The quantitative estimate of drug-likeness (QED) is 0.832. The first-order valence-electron chi connectivity index (χ1n) is 6.04. The van der Waals surface area contributed by atoms with Crippen LogP contribution in [0.1, 0.15) is 39.2 Å². The molecule has 0 aliphatic heterocycles. The fraction of sp³-hybridized carbons (Fsp3) is 0.538. The Morgan fingerprint density at radius 3 is 2.56 bits per heavy atom. The SMILES string of the molecule is CCCC(C)(C)NS(=O)(=O)c1cccc(CO)c1. The van der Waals surface area contributed by atoms with Crippen molar-refractivity contribution < 1.29 is 13.5 Å². The van der Waals surface area contributed by atoms with Gasteiger partial charge in [0.05, 0.1) is 11.5 Å². The standard InChI is InChI=1S/C13H21NO3S/c1-4-8-13(2,3)14-18(16,17)12-7-5-6-11(9-12)10-15/h5-7,9,14-15H,4,8,10H2,1-3H3. The Hall–Kier alpha value is -0.910. The molecule has 4 nitrogen and oxygen atoms in total. The first-order valence-corrected chi connectivity index (χ1v) is 7.53. The Kier molecular flexibility index (Phi) is 4.90. The second-order valence-electron chi connectivity index (χ2n) is 5.04. The molecule has 18 heavy (non-hydrogen) atoms. The summed E-state index contributed by atoms with van der Waals surface area (Å²) in [7, 11) is -3.53. The van der Waals surface area contributed by atoms with Gasteiger partial charge in [0.2, 0.25) is 10.0 Å². The summed E-state index contributed by atoms with van der Waals surface area (Å²) < 4.78 is 27.1. The van der Waals surface area contributed by atoms with Crippen molar-refractivity contribution in [1.82, 2.24) is 4.72 Å². The summed E-state index contributed by atoms with van der Waals surface area (Å²) in [6, 6.07) is 6.34. The van der Waals surface area contributed by atoms with Gasteiger partial charge < -0.3 is 5.11 Å². The molecule has 5 heteroatoms. The molecule has 0 spiro atoms. The molecular formula is C13H21NO3S. The van der Waals surface area contributed by atoms with Crippen molar-refractivity contribution in [3.8, 4) is 0 Å². The van der Waals surface area contributed by atoms with Crippen molar-refractivity contribution in [3.63, 3.8) is 0 Å². The maximum atomic E-state index is 12.2. The molecule has 0 aliphatic rings. The molecule has 0 aliphatic carbocycles. The van der Waals surface area contributed by atoms with E-state index in [4.69, 9.17) is 5.11 Å². The number of aliphatic hydroxyl groups excluding tert-OH is 1. The average molecular weight is 271 g/mol. The van der Waals surface area contributed by atoms with Crippen LogP contribution in [0.2, 0.25) is 0 Å². The summed E-state index contributed by atoms with van der Waals surface area (Å²) in [5.41, 5.74) is 0.120. The Morgan fingerprint density at radius 1 is 1.33 bits per heavy atom. The van der Waals surface area contributed by atoms with Gasteiger partial charge in [-0.2, -0.15) is 0 Å². The molecule has 0 bridgehead atoms. The predicted molar refractivity (Wildman–Crippen MR) is 71.7 cm³/mol. The van der Waals surface area contributed by atoms with Gasteiger partial charge in [-0.3, -0.25) is 0 Å². The zero-order valence-corrected chi connectivity index (χ0v) is 11.9. The molecule has 1 rings (SSSR count). The minimum absolute atomic E-state index is 0.165. The van der Waals surface area contributed by atoms with E-state index in [2.05, 4.69) is 4.72 Å². The first kappa shape index (κ1) is 15.1. The van der Waals surface area contributed by atoms with Crippen LogP contribution in [0.4, 0.5) is 0 Å². The average Bonchev–Trinajstić information content (AvgIpc) is 2.27. The van der Waals surface area contributed by atoms with Crippen molar-refractivity contribution in [2.45, 2.75) is 50.7 Å². The van der Waals surface area contributed by atoms with E-state index in [-0.39, 0.29) is 11.5 Å². The largest absolute Gasteiger partial charge is 0.392 e. The lowest BCUT2D eigenvalue weighted by atomic mass is 10.0. The molecule has 1 aromatic carbocycles. The van der Waals surface area contributed by atoms with E-state index in [0.717, 1.165) is 12.8 Å². The topological polar surface area (TPSA) is 66.4 Å². The monoisotopic (exact) mass is 271 g/mol. The number of hydrogen-bond donors (Lipinski definition) is 2. The molecule has 0 unspecified atom stereocenters. The van der Waals surface area contributed by atoms with E-state index in [0.29, 0.717) is 5.56 Å². The van der Waals surface area contributed by atoms with Crippen molar-refractivity contribution in [2.75, 3.05) is 0 Å². The van der Waals surface area contributed by atoms with Gasteiger partial charge >= 0.3 is 0 Å². The number of sulfonamides is 1. The van der Waals surface area contributed by atoms with Crippen LogP contribution in [0.5, 0.6) is 0 Å². The lowest BCUT2D eigenvalue weighted by Gasteiger charge is -2.25. The molecule has 0 fully saturated rings. The summed E-state index contributed by atoms with van der Waals surface area (Å²) in [6.07, 6.45) is 1.68. The Morgan fingerprint density at radius 2 is 2.00 bits per heavy atom. The van der Waals surface area contributed by atoms with Crippen LogP contribution in [0, 0.1) is 0 Å². The molecule has 1 aromatic rings. The van der Waals surface area contributed by atoms with Crippen LogP contribution in [0.3, 0.4) is 0 Å². The van der Waals surface area contributed by atoms with Gasteiger partial charge in [-0.1, -0.05) is 25.5 Å². The van der Waals surface area contributed by atoms with Crippen molar-refractivity contribution in [2.24, 2.45) is 0 Å². The minimum atomic E-state index is -3.53. The molecule has 0 heterocycles. The van der Waals surface area contributed by atoms with Crippen molar-refractivity contribution in [1.29, 1.82) is 0 Å². The number of hydrogen-bond acceptors (Lipinski definition) is 3.